The molecule has 24 heavy (non-hydrogen) atoms. The third kappa shape index (κ3) is 3.19. The first-order valence-corrected chi connectivity index (χ1v) is 8.81. The molecule has 0 aromatic carbocycles. The van der Waals surface area contributed by atoms with E-state index in [9.17, 15) is 0 Å². The number of likely N-dealkylation sites (tertiary alicyclic amines) is 1. The third-order valence-corrected chi connectivity index (χ3v) is 4.78. The molecule has 0 aliphatic carbocycles. The Morgan fingerprint density at radius 1 is 1.25 bits per heavy atom. The van der Waals surface area contributed by atoms with Gasteiger partial charge in [-0.3, -0.25) is 0 Å². The SMILES string of the molecule is CCCN1CCC(Cc2noc(-c3cc4ccccn4n3)n2)CC1. The van der Waals surface area contributed by atoms with Crippen LogP contribution in [0.3, 0.4) is 0 Å². The number of piperidine rings is 1. The van der Waals surface area contributed by atoms with Crippen molar-refractivity contribution in [3.05, 3.63) is 36.3 Å². The van der Waals surface area contributed by atoms with E-state index in [0.29, 0.717) is 11.8 Å². The van der Waals surface area contributed by atoms with Gasteiger partial charge in [-0.05, 0) is 63.0 Å². The van der Waals surface area contributed by atoms with Gasteiger partial charge in [0.15, 0.2) is 11.5 Å². The molecule has 1 saturated heterocycles. The summed E-state index contributed by atoms with van der Waals surface area (Å²) in [6.45, 7) is 5.84. The van der Waals surface area contributed by atoms with Crippen LogP contribution in [-0.4, -0.2) is 44.3 Å². The summed E-state index contributed by atoms with van der Waals surface area (Å²) >= 11 is 0. The molecule has 1 aliphatic heterocycles. The summed E-state index contributed by atoms with van der Waals surface area (Å²) < 4.78 is 7.26. The van der Waals surface area contributed by atoms with Gasteiger partial charge in [0.05, 0.1) is 5.52 Å². The van der Waals surface area contributed by atoms with E-state index < -0.39 is 0 Å². The number of pyridine rings is 1. The summed E-state index contributed by atoms with van der Waals surface area (Å²) in [6.07, 6.45) is 6.49. The zero-order valence-corrected chi connectivity index (χ0v) is 14.1. The Bertz CT molecular complexity index is 767. The maximum absolute atomic E-state index is 5.43. The van der Waals surface area contributed by atoms with Gasteiger partial charge in [0.2, 0.25) is 0 Å². The molecule has 0 bridgehead atoms. The third-order valence-electron chi connectivity index (χ3n) is 4.78. The van der Waals surface area contributed by atoms with E-state index in [0.717, 1.165) is 23.5 Å². The molecule has 6 nitrogen and oxygen atoms in total. The molecule has 4 rings (SSSR count). The van der Waals surface area contributed by atoms with Crippen LogP contribution >= 0.6 is 0 Å². The van der Waals surface area contributed by atoms with Gasteiger partial charge in [-0.25, -0.2) is 4.52 Å². The summed E-state index contributed by atoms with van der Waals surface area (Å²) in [6, 6.07) is 7.93. The lowest BCUT2D eigenvalue weighted by molar-refractivity contribution is 0.182. The van der Waals surface area contributed by atoms with Crippen LogP contribution in [0.15, 0.2) is 35.0 Å². The predicted octanol–water partition coefficient (Wildman–Crippen LogP) is 3.05. The van der Waals surface area contributed by atoms with Crippen LogP contribution in [0.1, 0.15) is 32.0 Å². The number of fused-ring (bicyclic) bond motifs is 1. The first kappa shape index (κ1) is 15.3. The Hall–Kier alpha value is -2.21. The van der Waals surface area contributed by atoms with Gasteiger partial charge >= 0.3 is 0 Å². The van der Waals surface area contributed by atoms with Crippen molar-refractivity contribution >= 4 is 5.52 Å². The molecule has 0 amide bonds. The number of nitrogens with zero attached hydrogens (tertiary/aromatic N) is 5. The minimum Gasteiger partial charge on any atom is -0.332 e. The molecule has 126 valence electrons. The smallest absolute Gasteiger partial charge is 0.278 e. The minimum absolute atomic E-state index is 0.511. The molecule has 0 spiro atoms. The maximum Gasteiger partial charge on any atom is 0.278 e. The first-order chi connectivity index (χ1) is 11.8. The van der Waals surface area contributed by atoms with Gasteiger partial charge in [-0.1, -0.05) is 18.1 Å². The van der Waals surface area contributed by atoms with Crippen LogP contribution in [-0.2, 0) is 6.42 Å². The van der Waals surface area contributed by atoms with E-state index in [1.807, 2.05) is 35.0 Å². The second-order valence-corrected chi connectivity index (χ2v) is 6.60. The molecule has 0 atom stereocenters. The van der Waals surface area contributed by atoms with E-state index in [-0.39, 0.29) is 0 Å². The summed E-state index contributed by atoms with van der Waals surface area (Å²) in [4.78, 5) is 7.11. The number of aromatic nitrogens is 4. The lowest BCUT2D eigenvalue weighted by Gasteiger charge is -2.31. The Kier molecular flexibility index (Phi) is 4.30. The van der Waals surface area contributed by atoms with Crippen LogP contribution < -0.4 is 0 Å². The average Bonchev–Trinajstić information content (AvgIpc) is 3.23. The van der Waals surface area contributed by atoms with Crippen molar-refractivity contribution < 1.29 is 4.52 Å². The van der Waals surface area contributed by atoms with E-state index in [1.54, 1.807) is 0 Å². The van der Waals surface area contributed by atoms with Crippen molar-refractivity contribution in [1.82, 2.24) is 24.7 Å². The summed E-state index contributed by atoms with van der Waals surface area (Å²) in [7, 11) is 0. The first-order valence-electron chi connectivity index (χ1n) is 8.81. The highest BCUT2D eigenvalue weighted by atomic mass is 16.5. The second kappa shape index (κ2) is 6.73. The normalized spacial score (nSPS) is 16.9. The van der Waals surface area contributed by atoms with E-state index >= 15 is 0 Å². The molecule has 4 heterocycles. The molecule has 0 saturated carbocycles. The molecule has 3 aromatic rings. The zero-order valence-electron chi connectivity index (χ0n) is 14.1. The Morgan fingerprint density at radius 3 is 2.92 bits per heavy atom. The van der Waals surface area contributed by atoms with Crippen molar-refractivity contribution in [2.75, 3.05) is 19.6 Å². The van der Waals surface area contributed by atoms with Gasteiger partial charge in [0.1, 0.15) is 0 Å². The fourth-order valence-corrected chi connectivity index (χ4v) is 3.47. The second-order valence-electron chi connectivity index (χ2n) is 6.60. The number of hydrogen-bond acceptors (Lipinski definition) is 5. The quantitative estimate of drug-likeness (QED) is 0.721. The van der Waals surface area contributed by atoms with Crippen LogP contribution in [0.25, 0.3) is 17.1 Å². The summed E-state index contributed by atoms with van der Waals surface area (Å²) in [5.41, 5.74) is 1.76. The van der Waals surface area contributed by atoms with Gasteiger partial charge in [-0.2, -0.15) is 10.1 Å². The highest BCUT2D eigenvalue weighted by Gasteiger charge is 2.21. The van der Waals surface area contributed by atoms with Gasteiger partial charge < -0.3 is 9.42 Å². The van der Waals surface area contributed by atoms with Crippen molar-refractivity contribution in [2.45, 2.75) is 32.6 Å². The average molecular weight is 325 g/mol. The zero-order chi connectivity index (χ0) is 16.4. The van der Waals surface area contributed by atoms with Crippen LogP contribution in [0.5, 0.6) is 0 Å². The van der Waals surface area contributed by atoms with Crippen LogP contribution in [0.4, 0.5) is 0 Å². The number of hydrogen-bond donors (Lipinski definition) is 0. The van der Waals surface area contributed by atoms with Crippen molar-refractivity contribution in [3.63, 3.8) is 0 Å². The Labute approximate surface area is 141 Å². The molecular weight excluding hydrogens is 302 g/mol. The van der Waals surface area contributed by atoms with Crippen molar-refractivity contribution in [3.8, 4) is 11.6 Å². The molecule has 0 N–H and O–H groups in total. The molecule has 6 heteroatoms. The number of rotatable bonds is 5. The highest BCUT2D eigenvalue weighted by molar-refractivity contribution is 5.59. The van der Waals surface area contributed by atoms with Gasteiger partial charge in [0, 0.05) is 12.6 Å². The molecular formula is C18H23N5O. The van der Waals surface area contributed by atoms with Crippen LogP contribution in [0, 0.1) is 5.92 Å². The monoisotopic (exact) mass is 325 g/mol. The Morgan fingerprint density at radius 2 is 2.12 bits per heavy atom. The lowest BCUT2D eigenvalue weighted by Crippen LogP contribution is -2.34. The van der Waals surface area contributed by atoms with Crippen molar-refractivity contribution in [2.24, 2.45) is 5.92 Å². The van der Waals surface area contributed by atoms with Gasteiger partial charge in [0.25, 0.3) is 5.89 Å². The van der Waals surface area contributed by atoms with E-state index in [4.69, 9.17) is 4.52 Å². The standard InChI is InChI=1S/C18H23N5O/c1-2-8-22-10-6-14(7-11-22)12-17-19-18(24-21-17)16-13-15-5-3-4-9-23(15)20-16/h3-5,9,13-14H,2,6-8,10-12H2,1H3. The van der Waals surface area contributed by atoms with Gasteiger partial charge in [-0.15, -0.1) is 0 Å². The summed E-state index contributed by atoms with van der Waals surface area (Å²) in [5.74, 6) is 1.97. The molecule has 0 unspecified atom stereocenters. The topological polar surface area (TPSA) is 59.5 Å². The highest BCUT2D eigenvalue weighted by Crippen LogP contribution is 2.23. The predicted molar refractivity (Wildman–Crippen MR) is 91.6 cm³/mol. The minimum atomic E-state index is 0.511. The maximum atomic E-state index is 5.43. The fraction of sp³-hybridized carbons (Fsp3) is 0.500. The van der Waals surface area contributed by atoms with E-state index in [1.165, 1.54) is 38.9 Å². The summed E-state index contributed by atoms with van der Waals surface area (Å²) in [5, 5.41) is 8.65. The molecule has 1 fully saturated rings. The molecule has 0 radical (unpaired) electrons. The fourth-order valence-electron chi connectivity index (χ4n) is 3.47. The Balaban J connectivity index is 1.42. The molecule has 3 aromatic heterocycles. The van der Waals surface area contributed by atoms with Crippen molar-refractivity contribution in [1.29, 1.82) is 0 Å². The molecule has 1 aliphatic rings. The largest absolute Gasteiger partial charge is 0.332 e. The van der Waals surface area contributed by atoms with E-state index in [2.05, 4.69) is 27.1 Å². The lowest BCUT2D eigenvalue weighted by atomic mass is 9.93. The van der Waals surface area contributed by atoms with Crippen LogP contribution in [0.2, 0.25) is 0 Å².